The smallest absolute Gasteiger partial charge is 0.341 e. The van der Waals surface area contributed by atoms with E-state index in [9.17, 15) is 4.79 Å². The fraction of sp³-hybridized carbons (Fsp3) is 0.160. The van der Waals surface area contributed by atoms with Gasteiger partial charge in [-0.3, -0.25) is 0 Å². The van der Waals surface area contributed by atoms with Crippen molar-refractivity contribution in [3.8, 4) is 17.2 Å². The summed E-state index contributed by atoms with van der Waals surface area (Å²) in [5.74, 6) is 1.90. The van der Waals surface area contributed by atoms with Gasteiger partial charge in [0.15, 0.2) is 6.61 Å². The number of rotatable bonds is 10. The highest BCUT2D eigenvalue weighted by Gasteiger charge is 2.09. The molecule has 32 heavy (non-hydrogen) atoms. The minimum Gasteiger partial charge on any atom is -0.497 e. The van der Waals surface area contributed by atoms with Crippen molar-refractivity contribution in [3.05, 3.63) is 87.5 Å². The standard InChI is InChI=1S/C25H23IO5S/c1-29-19-7-3-5-17(13-19)22(18-6-4-8-20(14-18)30-2)11-12-32-24-10-9-21(15-23(24)26)31-16-25(27)28/h3-11,13-15H,12,16H2,1-2H3,(H,27,28). The van der Waals surface area contributed by atoms with E-state index in [1.54, 1.807) is 32.0 Å². The number of halogens is 1. The van der Waals surface area contributed by atoms with Gasteiger partial charge in [0.05, 0.1) is 14.2 Å². The summed E-state index contributed by atoms with van der Waals surface area (Å²) in [5, 5.41) is 8.77. The van der Waals surface area contributed by atoms with Gasteiger partial charge in [-0.05, 0) is 81.8 Å². The van der Waals surface area contributed by atoms with Crippen LogP contribution in [0, 0.1) is 3.57 Å². The first-order valence-corrected chi connectivity index (χ1v) is 11.8. The molecule has 0 saturated heterocycles. The molecule has 0 aromatic heterocycles. The molecule has 0 heterocycles. The van der Waals surface area contributed by atoms with Crippen molar-refractivity contribution in [2.75, 3.05) is 26.6 Å². The molecule has 0 atom stereocenters. The summed E-state index contributed by atoms with van der Waals surface area (Å²) in [6, 6.07) is 21.6. The van der Waals surface area contributed by atoms with Gasteiger partial charge in [-0.25, -0.2) is 4.79 Å². The van der Waals surface area contributed by atoms with Gasteiger partial charge in [0.1, 0.15) is 17.2 Å². The van der Waals surface area contributed by atoms with Gasteiger partial charge in [0.25, 0.3) is 0 Å². The van der Waals surface area contributed by atoms with E-state index in [4.69, 9.17) is 19.3 Å². The Balaban J connectivity index is 1.84. The van der Waals surface area contributed by atoms with Crippen LogP contribution < -0.4 is 14.2 Å². The van der Waals surface area contributed by atoms with Crippen LogP contribution in [-0.4, -0.2) is 37.7 Å². The Morgan fingerprint density at radius 2 is 1.56 bits per heavy atom. The first-order valence-electron chi connectivity index (χ1n) is 9.76. The monoisotopic (exact) mass is 562 g/mol. The van der Waals surface area contributed by atoms with Crippen molar-refractivity contribution in [1.29, 1.82) is 0 Å². The number of carbonyl (C=O) groups is 1. The van der Waals surface area contributed by atoms with Crippen LogP contribution in [0.3, 0.4) is 0 Å². The second kappa shape index (κ2) is 11.8. The molecule has 0 aliphatic rings. The summed E-state index contributed by atoms with van der Waals surface area (Å²) in [7, 11) is 3.32. The molecule has 166 valence electrons. The number of hydrogen-bond acceptors (Lipinski definition) is 5. The lowest BCUT2D eigenvalue weighted by molar-refractivity contribution is -0.139. The number of aliphatic carboxylic acids is 1. The Hall–Kier alpha value is -2.65. The van der Waals surface area contributed by atoms with Crippen molar-refractivity contribution in [1.82, 2.24) is 0 Å². The summed E-state index contributed by atoms with van der Waals surface area (Å²) in [6.45, 7) is -0.351. The van der Waals surface area contributed by atoms with Gasteiger partial charge in [-0.2, -0.15) is 0 Å². The van der Waals surface area contributed by atoms with E-state index in [1.165, 1.54) is 0 Å². The molecule has 3 rings (SSSR count). The third kappa shape index (κ3) is 6.67. The molecule has 1 N–H and O–H groups in total. The molecular weight excluding hydrogens is 539 g/mol. The van der Waals surface area contributed by atoms with Gasteiger partial charge < -0.3 is 19.3 Å². The fourth-order valence-electron chi connectivity index (χ4n) is 3.03. The minimum atomic E-state index is -0.994. The van der Waals surface area contributed by atoms with Gasteiger partial charge >= 0.3 is 5.97 Å². The summed E-state index contributed by atoms with van der Waals surface area (Å²) in [4.78, 5) is 11.8. The van der Waals surface area contributed by atoms with Crippen molar-refractivity contribution in [3.63, 3.8) is 0 Å². The molecule has 7 heteroatoms. The predicted octanol–water partition coefficient (Wildman–Crippen LogP) is 6.00. The molecule has 0 fully saturated rings. The maximum atomic E-state index is 10.7. The highest BCUT2D eigenvalue weighted by molar-refractivity contribution is 14.1. The van der Waals surface area contributed by atoms with Crippen LogP contribution in [0.25, 0.3) is 5.57 Å². The van der Waals surface area contributed by atoms with Crippen LogP contribution in [0.1, 0.15) is 11.1 Å². The van der Waals surface area contributed by atoms with E-state index in [0.717, 1.165) is 42.4 Å². The van der Waals surface area contributed by atoms with E-state index >= 15 is 0 Å². The lowest BCUT2D eigenvalue weighted by Crippen LogP contribution is -2.09. The predicted molar refractivity (Wildman–Crippen MR) is 136 cm³/mol. The molecular formula is C25H23IO5S. The molecule has 0 aliphatic heterocycles. The maximum absolute atomic E-state index is 10.7. The van der Waals surface area contributed by atoms with Crippen LogP contribution >= 0.6 is 34.4 Å². The van der Waals surface area contributed by atoms with Crippen molar-refractivity contribution >= 4 is 45.9 Å². The number of thioether (sulfide) groups is 1. The SMILES string of the molecule is COc1cccc(C(=CCSc2ccc(OCC(=O)O)cc2I)c2cccc(OC)c2)c1. The average molecular weight is 562 g/mol. The van der Waals surface area contributed by atoms with E-state index in [2.05, 4.69) is 40.8 Å². The van der Waals surface area contributed by atoms with E-state index < -0.39 is 5.97 Å². The highest BCUT2D eigenvalue weighted by atomic mass is 127. The highest BCUT2D eigenvalue weighted by Crippen LogP contribution is 2.32. The molecule has 0 bridgehead atoms. The van der Waals surface area contributed by atoms with Crippen molar-refractivity contribution < 1.29 is 24.1 Å². The van der Waals surface area contributed by atoms with Gasteiger partial charge in [-0.1, -0.05) is 30.3 Å². The van der Waals surface area contributed by atoms with Crippen LogP contribution in [0.15, 0.2) is 77.7 Å². The Morgan fingerprint density at radius 3 is 2.09 bits per heavy atom. The second-order valence-corrected chi connectivity index (χ2v) is 8.89. The first-order chi connectivity index (χ1) is 15.5. The van der Waals surface area contributed by atoms with Gasteiger partial charge in [0.2, 0.25) is 0 Å². The molecule has 0 aliphatic carbocycles. The summed E-state index contributed by atoms with van der Waals surface area (Å²) in [5.41, 5.74) is 3.21. The molecule has 3 aromatic carbocycles. The van der Waals surface area contributed by atoms with E-state index in [-0.39, 0.29) is 6.61 Å². The number of methoxy groups -OCH3 is 2. The first kappa shape index (κ1) is 24.0. The normalized spacial score (nSPS) is 10.3. The quantitative estimate of drug-likeness (QED) is 0.242. The van der Waals surface area contributed by atoms with Crippen LogP contribution in [0.5, 0.6) is 17.2 Å². The number of ether oxygens (including phenoxy) is 3. The van der Waals surface area contributed by atoms with Crippen LogP contribution in [0.2, 0.25) is 0 Å². The molecule has 0 spiro atoms. The lowest BCUT2D eigenvalue weighted by Gasteiger charge is -2.12. The molecule has 0 amide bonds. The van der Waals surface area contributed by atoms with Crippen molar-refractivity contribution in [2.24, 2.45) is 0 Å². The third-order valence-electron chi connectivity index (χ3n) is 4.55. The van der Waals surface area contributed by atoms with Crippen LogP contribution in [-0.2, 0) is 4.79 Å². The molecule has 3 aromatic rings. The number of benzene rings is 3. The zero-order chi connectivity index (χ0) is 22.9. The summed E-state index contributed by atoms with van der Waals surface area (Å²) < 4.78 is 17.1. The zero-order valence-electron chi connectivity index (χ0n) is 17.7. The Labute approximate surface area is 205 Å². The largest absolute Gasteiger partial charge is 0.497 e. The Kier molecular flexibility index (Phi) is 8.87. The fourth-order valence-corrected chi connectivity index (χ4v) is 4.78. The lowest BCUT2D eigenvalue weighted by atomic mass is 9.97. The zero-order valence-corrected chi connectivity index (χ0v) is 20.7. The number of carboxylic acid groups (broad SMARTS) is 1. The Bertz CT molecular complexity index is 1060. The minimum absolute atomic E-state index is 0.351. The maximum Gasteiger partial charge on any atom is 0.341 e. The summed E-state index contributed by atoms with van der Waals surface area (Å²) >= 11 is 3.94. The second-order valence-electron chi connectivity index (χ2n) is 6.67. The summed E-state index contributed by atoms with van der Waals surface area (Å²) in [6.07, 6.45) is 2.19. The van der Waals surface area contributed by atoms with E-state index in [0.29, 0.717) is 5.75 Å². The number of hydrogen-bond donors (Lipinski definition) is 1. The Morgan fingerprint density at radius 1 is 0.938 bits per heavy atom. The van der Waals surface area contributed by atoms with E-state index in [1.807, 2.05) is 48.5 Å². The average Bonchev–Trinajstić information content (AvgIpc) is 2.81. The van der Waals surface area contributed by atoms with Crippen molar-refractivity contribution in [2.45, 2.75) is 4.90 Å². The molecule has 0 unspecified atom stereocenters. The van der Waals surface area contributed by atoms with Gasteiger partial charge in [-0.15, -0.1) is 11.8 Å². The van der Waals surface area contributed by atoms with Crippen LogP contribution in [0.4, 0.5) is 0 Å². The molecule has 5 nitrogen and oxygen atoms in total. The topological polar surface area (TPSA) is 65.0 Å². The third-order valence-corrected chi connectivity index (χ3v) is 6.81. The molecule has 0 saturated carbocycles. The van der Waals surface area contributed by atoms with Gasteiger partial charge in [0, 0.05) is 14.2 Å². The number of carboxylic acids is 1. The molecule has 0 radical (unpaired) electrons.